The first-order valence-electron chi connectivity index (χ1n) is 13.7. The van der Waals surface area contributed by atoms with E-state index in [2.05, 4.69) is 25.7 Å². The average molecular weight is 444 g/mol. The van der Waals surface area contributed by atoms with Gasteiger partial charge in [-0.05, 0) is 88.1 Å². The van der Waals surface area contributed by atoms with Gasteiger partial charge in [-0.2, -0.15) is 0 Å². The fourth-order valence-electron chi connectivity index (χ4n) is 9.25. The second-order valence-corrected chi connectivity index (χ2v) is 12.7. The second kappa shape index (κ2) is 8.07. The van der Waals surface area contributed by atoms with Crippen LogP contribution in [-0.2, 0) is 14.2 Å². The van der Waals surface area contributed by atoms with E-state index in [1.165, 1.54) is 63.4 Å². The van der Waals surface area contributed by atoms with Crippen molar-refractivity contribution in [1.29, 1.82) is 0 Å². The topological polar surface area (TPSA) is 39.7 Å². The van der Waals surface area contributed by atoms with Crippen LogP contribution in [0.25, 0.3) is 0 Å². The van der Waals surface area contributed by atoms with Crippen LogP contribution in [0.2, 0.25) is 0 Å². The molecule has 180 valence electrons. The van der Waals surface area contributed by atoms with Gasteiger partial charge in [-0.15, -0.1) is 0 Å². The first kappa shape index (κ1) is 22.1. The highest BCUT2D eigenvalue weighted by Gasteiger charge is 2.73. The van der Waals surface area contributed by atoms with Gasteiger partial charge in [0.2, 0.25) is 0 Å². The number of piperidine rings is 1. The lowest BCUT2D eigenvalue weighted by molar-refractivity contribution is -0.317. The molecule has 7 atom stereocenters. The lowest BCUT2D eigenvalue weighted by Gasteiger charge is -2.63. The molecule has 1 spiro atoms. The summed E-state index contributed by atoms with van der Waals surface area (Å²) in [4.78, 5) is 0. The van der Waals surface area contributed by atoms with Crippen molar-refractivity contribution in [2.24, 2.45) is 34.0 Å². The SMILES string of the molecule is C=C1CCC2[C@]3(C)CO[C@@H](C4CCCC4)O[C@@H]3CC[C@@]2(C)C12CC2COC1CCNCC1. The summed E-state index contributed by atoms with van der Waals surface area (Å²) in [6.45, 7) is 13.8. The minimum Gasteiger partial charge on any atom is -0.378 e. The van der Waals surface area contributed by atoms with Gasteiger partial charge in [0, 0.05) is 16.7 Å². The Bertz CT molecular complexity index is 728. The lowest BCUT2D eigenvalue weighted by atomic mass is 9.44. The molecule has 3 unspecified atom stereocenters. The fraction of sp³-hybridized carbons (Fsp3) is 0.929. The number of fused-ring (bicyclic) bond motifs is 4. The molecule has 4 aliphatic carbocycles. The van der Waals surface area contributed by atoms with Crippen molar-refractivity contribution in [3.05, 3.63) is 12.2 Å². The summed E-state index contributed by atoms with van der Waals surface area (Å²) in [6, 6.07) is 0. The third-order valence-corrected chi connectivity index (χ3v) is 11.2. The van der Waals surface area contributed by atoms with Gasteiger partial charge in [0.25, 0.3) is 0 Å². The van der Waals surface area contributed by atoms with Crippen molar-refractivity contribution in [3.63, 3.8) is 0 Å². The van der Waals surface area contributed by atoms with Crippen LogP contribution in [0.3, 0.4) is 0 Å². The minimum atomic E-state index is 0.0551. The number of hydrogen-bond donors (Lipinski definition) is 1. The van der Waals surface area contributed by atoms with Gasteiger partial charge < -0.3 is 19.5 Å². The molecule has 6 fully saturated rings. The number of nitrogens with one attached hydrogen (secondary N) is 1. The zero-order valence-corrected chi connectivity index (χ0v) is 20.5. The van der Waals surface area contributed by atoms with Crippen LogP contribution < -0.4 is 5.32 Å². The van der Waals surface area contributed by atoms with E-state index in [9.17, 15) is 0 Å². The van der Waals surface area contributed by atoms with E-state index < -0.39 is 0 Å². The van der Waals surface area contributed by atoms with Gasteiger partial charge in [0.05, 0.1) is 25.4 Å². The molecule has 0 amide bonds. The Morgan fingerprint density at radius 3 is 2.62 bits per heavy atom. The highest BCUT2D eigenvalue weighted by molar-refractivity contribution is 5.33. The maximum Gasteiger partial charge on any atom is 0.160 e. The fourth-order valence-corrected chi connectivity index (χ4v) is 9.25. The first-order chi connectivity index (χ1) is 15.5. The van der Waals surface area contributed by atoms with Crippen molar-refractivity contribution in [2.45, 2.75) is 103 Å². The van der Waals surface area contributed by atoms with E-state index in [0.29, 0.717) is 40.8 Å². The van der Waals surface area contributed by atoms with Gasteiger partial charge in [-0.25, -0.2) is 0 Å². The molecule has 4 saturated carbocycles. The largest absolute Gasteiger partial charge is 0.378 e. The second-order valence-electron chi connectivity index (χ2n) is 12.7. The maximum atomic E-state index is 6.77. The Morgan fingerprint density at radius 2 is 1.84 bits per heavy atom. The molecule has 0 aromatic heterocycles. The molecule has 0 aromatic rings. The van der Waals surface area contributed by atoms with Crippen molar-refractivity contribution in [3.8, 4) is 0 Å². The summed E-state index contributed by atoms with van der Waals surface area (Å²) in [5.74, 6) is 1.95. The van der Waals surface area contributed by atoms with Crippen LogP contribution in [0.4, 0.5) is 0 Å². The highest BCUT2D eigenvalue weighted by atomic mass is 16.7. The van der Waals surface area contributed by atoms with Crippen LogP contribution in [0.1, 0.15) is 84.5 Å². The Hall–Kier alpha value is -0.420. The summed E-state index contributed by atoms with van der Waals surface area (Å²) in [5, 5.41) is 3.46. The quantitative estimate of drug-likeness (QED) is 0.585. The number of hydrogen-bond acceptors (Lipinski definition) is 4. The van der Waals surface area contributed by atoms with E-state index >= 15 is 0 Å². The molecular formula is C28H45NO3. The van der Waals surface area contributed by atoms with E-state index in [4.69, 9.17) is 14.2 Å². The smallest absolute Gasteiger partial charge is 0.160 e. The third kappa shape index (κ3) is 3.22. The van der Waals surface area contributed by atoms with Crippen molar-refractivity contribution < 1.29 is 14.2 Å². The summed E-state index contributed by atoms with van der Waals surface area (Å²) in [6.07, 6.45) is 14.7. The Kier molecular flexibility index (Phi) is 5.57. The molecule has 4 nitrogen and oxygen atoms in total. The van der Waals surface area contributed by atoms with E-state index in [0.717, 1.165) is 39.1 Å². The summed E-state index contributed by atoms with van der Waals surface area (Å²) < 4.78 is 19.8. The van der Waals surface area contributed by atoms with E-state index in [1.807, 2.05) is 0 Å². The van der Waals surface area contributed by atoms with Crippen LogP contribution in [0.15, 0.2) is 12.2 Å². The molecule has 0 bridgehead atoms. The van der Waals surface area contributed by atoms with Crippen LogP contribution in [0.5, 0.6) is 0 Å². The molecule has 2 saturated heterocycles. The summed E-state index contributed by atoms with van der Waals surface area (Å²) >= 11 is 0. The maximum absolute atomic E-state index is 6.77. The van der Waals surface area contributed by atoms with Gasteiger partial charge in [0.1, 0.15) is 0 Å². The Labute approximate surface area is 195 Å². The van der Waals surface area contributed by atoms with Crippen molar-refractivity contribution in [2.75, 3.05) is 26.3 Å². The molecule has 2 aliphatic heterocycles. The van der Waals surface area contributed by atoms with Gasteiger partial charge >= 0.3 is 0 Å². The number of ether oxygens (including phenoxy) is 3. The highest BCUT2D eigenvalue weighted by Crippen LogP contribution is 2.78. The molecular weight excluding hydrogens is 398 g/mol. The third-order valence-electron chi connectivity index (χ3n) is 11.2. The minimum absolute atomic E-state index is 0.0551. The Morgan fingerprint density at radius 1 is 1.06 bits per heavy atom. The van der Waals surface area contributed by atoms with Gasteiger partial charge in [0.15, 0.2) is 6.29 Å². The first-order valence-corrected chi connectivity index (χ1v) is 13.7. The molecule has 0 aromatic carbocycles. The van der Waals surface area contributed by atoms with Crippen LogP contribution in [-0.4, -0.2) is 44.8 Å². The molecule has 4 heteroatoms. The van der Waals surface area contributed by atoms with Crippen LogP contribution in [0, 0.1) is 34.0 Å². The van der Waals surface area contributed by atoms with Crippen molar-refractivity contribution >= 4 is 0 Å². The van der Waals surface area contributed by atoms with E-state index in [1.54, 1.807) is 0 Å². The predicted octanol–water partition coefficient (Wildman–Crippen LogP) is 5.47. The Balaban J connectivity index is 1.18. The zero-order chi connectivity index (χ0) is 22.0. The predicted molar refractivity (Wildman–Crippen MR) is 126 cm³/mol. The average Bonchev–Trinajstić information content (AvgIpc) is 3.28. The van der Waals surface area contributed by atoms with Gasteiger partial charge in [-0.1, -0.05) is 38.8 Å². The molecule has 2 heterocycles. The van der Waals surface area contributed by atoms with Crippen molar-refractivity contribution in [1.82, 2.24) is 5.32 Å². The standard InChI is InChI=1S/C28H45NO3/c1-19-8-9-23-26(2)18-31-25(20-6-4-5-7-20)32-24(26)10-13-27(23,3)28(19)16-21(28)17-30-22-11-14-29-15-12-22/h20-25,29H,1,4-18H2,2-3H3/t21?,23?,24-,25-,26+,27-,28?/m1/s1. The lowest BCUT2D eigenvalue weighted by Crippen LogP contribution is -2.62. The van der Waals surface area contributed by atoms with Gasteiger partial charge in [-0.3, -0.25) is 0 Å². The molecule has 1 N–H and O–H groups in total. The summed E-state index contributed by atoms with van der Waals surface area (Å²) in [5.41, 5.74) is 2.26. The molecule has 6 aliphatic rings. The van der Waals surface area contributed by atoms with E-state index in [-0.39, 0.29) is 11.7 Å². The summed E-state index contributed by atoms with van der Waals surface area (Å²) in [7, 11) is 0. The normalized spacial score (nSPS) is 49.8. The number of rotatable bonds is 4. The number of allylic oxidation sites excluding steroid dienone is 1. The molecule has 6 rings (SSSR count). The zero-order valence-electron chi connectivity index (χ0n) is 20.5. The molecule has 0 radical (unpaired) electrons. The van der Waals surface area contributed by atoms with Crippen LogP contribution >= 0.6 is 0 Å². The molecule has 32 heavy (non-hydrogen) atoms. The monoisotopic (exact) mass is 443 g/mol.